The lowest BCUT2D eigenvalue weighted by molar-refractivity contribution is 0.148. The van der Waals surface area contributed by atoms with Crippen molar-refractivity contribution in [2.24, 2.45) is 5.92 Å². The Balaban J connectivity index is 2.02. The van der Waals surface area contributed by atoms with Crippen LogP contribution in [-0.2, 0) is 5.41 Å². The Morgan fingerprint density at radius 1 is 0.900 bits per heavy atom. The molecule has 1 nitrogen and oxygen atoms in total. The second kappa shape index (κ2) is 6.00. The highest BCUT2D eigenvalue weighted by Crippen LogP contribution is 2.50. The van der Waals surface area contributed by atoms with Gasteiger partial charge in [-0.1, -0.05) is 56.7 Å². The maximum atomic E-state index is 9.51. The largest absolute Gasteiger partial charge is 0.192 e. The minimum absolute atomic E-state index is 0.311. The summed E-state index contributed by atoms with van der Waals surface area (Å²) in [6, 6.07) is 10.9. The molecular formula is C19H25N. The minimum Gasteiger partial charge on any atom is -0.192 e. The topological polar surface area (TPSA) is 23.8 Å². The van der Waals surface area contributed by atoms with E-state index < -0.39 is 0 Å². The molecular weight excluding hydrogens is 242 g/mol. The Hall–Kier alpha value is -1.29. The molecule has 3 rings (SSSR count). The quantitative estimate of drug-likeness (QED) is 0.709. The SMILES string of the molecule is N#Cc1ccccc1C1(C2CCCCC2)CCCCC1. The van der Waals surface area contributed by atoms with Gasteiger partial charge in [-0.25, -0.2) is 0 Å². The van der Waals surface area contributed by atoms with Crippen LogP contribution in [0.4, 0.5) is 0 Å². The minimum atomic E-state index is 0.311. The van der Waals surface area contributed by atoms with Crippen molar-refractivity contribution >= 4 is 0 Å². The van der Waals surface area contributed by atoms with Crippen molar-refractivity contribution < 1.29 is 0 Å². The van der Waals surface area contributed by atoms with Gasteiger partial charge in [-0.3, -0.25) is 0 Å². The van der Waals surface area contributed by atoms with Crippen molar-refractivity contribution in [3.63, 3.8) is 0 Å². The third kappa shape index (κ3) is 2.37. The predicted octanol–water partition coefficient (Wildman–Crippen LogP) is 5.34. The Bertz CT molecular complexity index is 485. The highest BCUT2D eigenvalue weighted by Gasteiger charge is 2.42. The second-order valence-electron chi connectivity index (χ2n) is 6.71. The van der Waals surface area contributed by atoms with Gasteiger partial charge in [-0.05, 0) is 48.6 Å². The summed E-state index contributed by atoms with van der Waals surface area (Å²) in [5, 5.41) is 9.51. The molecule has 2 fully saturated rings. The zero-order chi connectivity index (χ0) is 13.8. The Morgan fingerprint density at radius 2 is 1.55 bits per heavy atom. The first kappa shape index (κ1) is 13.7. The molecule has 0 aromatic heterocycles. The zero-order valence-electron chi connectivity index (χ0n) is 12.4. The summed E-state index contributed by atoms with van der Waals surface area (Å²) in [7, 11) is 0. The molecule has 0 atom stereocenters. The van der Waals surface area contributed by atoms with Gasteiger partial charge in [0.2, 0.25) is 0 Å². The third-order valence-electron chi connectivity index (χ3n) is 5.72. The van der Waals surface area contributed by atoms with Gasteiger partial charge in [-0.2, -0.15) is 5.26 Å². The van der Waals surface area contributed by atoms with Crippen LogP contribution in [0.3, 0.4) is 0 Å². The van der Waals surface area contributed by atoms with Gasteiger partial charge in [0.15, 0.2) is 0 Å². The zero-order valence-corrected chi connectivity index (χ0v) is 12.4. The van der Waals surface area contributed by atoms with Gasteiger partial charge in [0.25, 0.3) is 0 Å². The molecule has 2 aliphatic carbocycles. The smallest absolute Gasteiger partial charge is 0.0994 e. The maximum Gasteiger partial charge on any atom is 0.0994 e. The molecule has 106 valence electrons. The molecule has 0 amide bonds. The van der Waals surface area contributed by atoms with Crippen molar-refractivity contribution in [2.45, 2.75) is 69.6 Å². The molecule has 0 heterocycles. The standard InChI is InChI=1S/C19H25N/c20-15-16-9-5-6-12-18(16)19(13-7-2-8-14-19)17-10-3-1-4-11-17/h5-6,9,12,17H,1-4,7-8,10-11,13-14H2. The first-order valence-electron chi connectivity index (χ1n) is 8.36. The normalized spacial score (nSPS) is 23.1. The third-order valence-corrected chi connectivity index (χ3v) is 5.72. The van der Waals surface area contributed by atoms with Crippen molar-refractivity contribution in [3.8, 4) is 6.07 Å². The van der Waals surface area contributed by atoms with Crippen LogP contribution in [0, 0.1) is 17.2 Å². The summed E-state index contributed by atoms with van der Waals surface area (Å²) in [5.41, 5.74) is 2.61. The molecule has 0 bridgehead atoms. The van der Waals surface area contributed by atoms with E-state index in [1.165, 1.54) is 69.8 Å². The number of benzene rings is 1. The molecule has 0 radical (unpaired) electrons. The van der Waals surface area contributed by atoms with Gasteiger partial charge in [-0.15, -0.1) is 0 Å². The van der Waals surface area contributed by atoms with Crippen LogP contribution in [0.25, 0.3) is 0 Å². The molecule has 0 unspecified atom stereocenters. The Kier molecular flexibility index (Phi) is 4.10. The van der Waals surface area contributed by atoms with E-state index in [9.17, 15) is 5.26 Å². The summed E-state index contributed by atoms with van der Waals surface area (Å²) in [6.07, 6.45) is 13.6. The highest BCUT2D eigenvalue weighted by atomic mass is 14.5. The predicted molar refractivity (Wildman–Crippen MR) is 82.5 cm³/mol. The van der Waals surface area contributed by atoms with E-state index in [0.717, 1.165) is 11.5 Å². The van der Waals surface area contributed by atoms with E-state index in [0.29, 0.717) is 5.41 Å². The fourth-order valence-corrected chi connectivity index (χ4v) is 4.75. The molecule has 1 aromatic rings. The van der Waals surface area contributed by atoms with E-state index in [1.807, 2.05) is 12.1 Å². The van der Waals surface area contributed by atoms with Crippen LogP contribution < -0.4 is 0 Å². The van der Waals surface area contributed by atoms with E-state index in [2.05, 4.69) is 18.2 Å². The van der Waals surface area contributed by atoms with Crippen molar-refractivity contribution in [1.82, 2.24) is 0 Å². The van der Waals surface area contributed by atoms with Crippen LogP contribution in [0.1, 0.15) is 75.3 Å². The monoisotopic (exact) mass is 267 g/mol. The van der Waals surface area contributed by atoms with Crippen molar-refractivity contribution in [3.05, 3.63) is 35.4 Å². The summed E-state index contributed by atoms with van der Waals surface area (Å²) < 4.78 is 0. The lowest BCUT2D eigenvalue weighted by atomic mass is 9.58. The van der Waals surface area contributed by atoms with Crippen molar-refractivity contribution in [1.29, 1.82) is 5.26 Å². The van der Waals surface area contributed by atoms with E-state index in [1.54, 1.807) is 0 Å². The summed E-state index contributed by atoms with van der Waals surface area (Å²) >= 11 is 0. The van der Waals surface area contributed by atoms with Gasteiger partial charge < -0.3 is 0 Å². The Labute approximate surface area is 123 Å². The average Bonchev–Trinajstić information content (AvgIpc) is 2.56. The van der Waals surface area contributed by atoms with Gasteiger partial charge in [0.1, 0.15) is 0 Å². The molecule has 0 saturated heterocycles. The van der Waals surface area contributed by atoms with E-state index >= 15 is 0 Å². The van der Waals surface area contributed by atoms with Crippen LogP contribution in [-0.4, -0.2) is 0 Å². The molecule has 20 heavy (non-hydrogen) atoms. The van der Waals surface area contributed by atoms with Crippen LogP contribution in [0.2, 0.25) is 0 Å². The van der Waals surface area contributed by atoms with Crippen LogP contribution in [0.5, 0.6) is 0 Å². The van der Waals surface area contributed by atoms with Crippen LogP contribution >= 0.6 is 0 Å². The molecule has 2 saturated carbocycles. The Morgan fingerprint density at radius 3 is 2.25 bits per heavy atom. The number of hydrogen-bond acceptors (Lipinski definition) is 1. The lowest BCUT2D eigenvalue weighted by Gasteiger charge is -2.46. The fourth-order valence-electron chi connectivity index (χ4n) is 4.75. The van der Waals surface area contributed by atoms with Gasteiger partial charge in [0.05, 0.1) is 11.6 Å². The number of nitrogens with zero attached hydrogens (tertiary/aromatic N) is 1. The fraction of sp³-hybridized carbons (Fsp3) is 0.632. The molecule has 0 spiro atoms. The number of hydrogen-bond donors (Lipinski definition) is 0. The highest BCUT2D eigenvalue weighted by molar-refractivity contribution is 5.43. The van der Waals surface area contributed by atoms with Gasteiger partial charge in [0, 0.05) is 0 Å². The molecule has 1 aromatic carbocycles. The van der Waals surface area contributed by atoms with Crippen molar-refractivity contribution in [2.75, 3.05) is 0 Å². The molecule has 0 aliphatic heterocycles. The first-order chi connectivity index (χ1) is 9.87. The first-order valence-corrected chi connectivity index (χ1v) is 8.36. The number of rotatable bonds is 2. The second-order valence-corrected chi connectivity index (χ2v) is 6.71. The summed E-state index contributed by atoms with van der Waals surface area (Å²) in [6.45, 7) is 0. The van der Waals surface area contributed by atoms with E-state index in [4.69, 9.17) is 0 Å². The maximum absolute atomic E-state index is 9.51. The summed E-state index contributed by atoms with van der Waals surface area (Å²) in [4.78, 5) is 0. The molecule has 1 heteroatoms. The average molecular weight is 267 g/mol. The van der Waals surface area contributed by atoms with E-state index in [-0.39, 0.29) is 0 Å². The molecule has 2 aliphatic rings. The summed E-state index contributed by atoms with van der Waals surface area (Å²) in [5.74, 6) is 0.811. The number of nitriles is 1. The lowest BCUT2D eigenvalue weighted by Crippen LogP contribution is -2.39. The van der Waals surface area contributed by atoms with Crippen LogP contribution in [0.15, 0.2) is 24.3 Å². The molecule has 0 N–H and O–H groups in total. The van der Waals surface area contributed by atoms with Gasteiger partial charge >= 0.3 is 0 Å².